The lowest BCUT2D eigenvalue weighted by Gasteiger charge is -2.26. The number of halogens is 1. The molecule has 1 fully saturated rings. The Morgan fingerprint density at radius 3 is 2.86 bits per heavy atom. The molecule has 22 heavy (non-hydrogen) atoms. The number of carbonyl (C=O) groups excluding carboxylic acids is 1. The van der Waals surface area contributed by atoms with Gasteiger partial charge in [0.05, 0.1) is 44.1 Å². The lowest BCUT2D eigenvalue weighted by molar-refractivity contribution is 0.0361. The van der Waals surface area contributed by atoms with Gasteiger partial charge in [-0.3, -0.25) is 9.58 Å². The highest BCUT2D eigenvalue weighted by Crippen LogP contribution is 2.26. The fourth-order valence-corrected chi connectivity index (χ4v) is 3.33. The van der Waals surface area contributed by atoms with Gasteiger partial charge in [-0.25, -0.2) is 4.79 Å². The zero-order chi connectivity index (χ0) is 15.5. The number of ether oxygens (including phenoxy) is 2. The van der Waals surface area contributed by atoms with Crippen LogP contribution in [0.25, 0.3) is 10.9 Å². The molecule has 1 aromatic heterocycles. The van der Waals surface area contributed by atoms with E-state index < -0.39 is 0 Å². The number of hydrogen-bond donors (Lipinski definition) is 0. The molecule has 6 nitrogen and oxygen atoms in total. The summed E-state index contributed by atoms with van der Waals surface area (Å²) in [6, 6.07) is 3.59. The number of rotatable bonds is 4. The van der Waals surface area contributed by atoms with Crippen molar-refractivity contribution in [3.63, 3.8) is 0 Å². The minimum atomic E-state index is -0.344. The summed E-state index contributed by atoms with van der Waals surface area (Å²) in [4.78, 5) is 14.0. The van der Waals surface area contributed by atoms with Crippen molar-refractivity contribution in [3.05, 3.63) is 28.4 Å². The van der Waals surface area contributed by atoms with Crippen LogP contribution in [0.15, 0.2) is 22.8 Å². The molecule has 7 heteroatoms. The van der Waals surface area contributed by atoms with E-state index >= 15 is 0 Å². The van der Waals surface area contributed by atoms with Gasteiger partial charge < -0.3 is 9.47 Å². The molecule has 0 amide bonds. The van der Waals surface area contributed by atoms with E-state index in [1.165, 1.54) is 7.11 Å². The van der Waals surface area contributed by atoms with E-state index in [-0.39, 0.29) is 5.97 Å². The van der Waals surface area contributed by atoms with E-state index in [4.69, 9.17) is 9.47 Å². The van der Waals surface area contributed by atoms with E-state index in [0.29, 0.717) is 5.56 Å². The van der Waals surface area contributed by atoms with Crippen LogP contribution >= 0.6 is 15.9 Å². The van der Waals surface area contributed by atoms with Crippen molar-refractivity contribution in [1.29, 1.82) is 0 Å². The van der Waals surface area contributed by atoms with Crippen molar-refractivity contribution in [1.82, 2.24) is 14.7 Å². The van der Waals surface area contributed by atoms with Crippen LogP contribution in [0.2, 0.25) is 0 Å². The molecule has 0 bridgehead atoms. The Bertz CT molecular complexity index is 680. The quantitative estimate of drug-likeness (QED) is 0.772. The number of aromatic nitrogens is 2. The number of nitrogens with zero attached hydrogens (tertiary/aromatic N) is 3. The van der Waals surface area contributed by atoms with E-state index in [1.54, 1.807) is 12.3 Å². The van der Waals surface area contributed by atoms with Crippen LogP contribution in [-0.4, -0.2) is 60.6 Å². The third-order valence-corrected chi connectivity index (χ3v) is 4.44. The lowest BCUT2D eigenvalue weighted by atomic mass is 10.1. The molecule has 118 valence electrons. The van der Waals surface area contributed by atoms with Crippen molar-refractivity contribution in [2.45, 2.75) is 6.54 Å². The third kappa shape index (κ3) is 3.16. The molecule has 0 radical (unpaired) electrons. The normalized spacial score (nSPS) is 16.1. The second kappa shape index (κ2) is 6.76. The second-order valence-corrected chi connectivity index (χ2v) is 6.06. The Morgan fingerprint density at radius 2 is 2.14 bits per heavy atom. The largest absolute Gasteiger partial charge is 0.465 e. The highest BCUT2D eigenvalue weighted by Gasteiger charge is 2.15. The van der Waals surface area contributed by atoms with Gasteiger partial charge in [0.15, 0.2) is 0 Å². The average Bonchev–Trinajstić information content (AvgIpc) is 2.96. The fraction of sp³-hybridized carbons (Fsp3) is 0.467. The summed E-state index contributed by atoms with van der Waals surface area (Å²) in [5.74, 6) is -0.344. The van der Waals surface area contributed by atoms with E-state index in [0.717, 1.165) is 54.8 Å². The van der Waals surface area contributed by atoms with Crippen LogP contribution in [-0.2, 0) is 16.0 Å². The summed E-state index contributed by atoms with van der Waals surface area (Å²) >= 11 is 3.54. The van der Waals surface area contributed by atoms with Crippen molar-refractivity contribution >= 4 is 32.8 Å². The summed E-state index contributed by atoms with van der Waals surface area (Å²) < 4.78 is 12.9. The van der Waals surface area contributed by atoms with Crippen LogP contribution < -0.4 is 0 Å². The minimum Gasteiger partial charge on any atom is -0.465 e. The van der Waals surface area contributed by atoms with Crippen molar-refractivity contribution in [2.75, 3.05) is 40.0 Å². The van der Waals surface area contributed by atoms with Crippen LogP contribution in [0.1, 0.15) is 10.4 Å². The van der Waals surface area contributed by atoms with Crippen LogP contribution in [0.5, 0.6) is 0 Å². The van der Waals surface area contributed by atoms with Crippen LogP contribution in [0, 0.1) is 0 Å². The number of carbonyl (C=O) groups is 1. The molecular weight excluding hydrogens is 350 g/mol. The number of hydrogen-bond acceptors (Lipinski definition) is 5. The third-order valence-electron chi connectivity index (χ3n) is 3.84. The molecule has 2 aromatic rings. The zero-order valence-corrected chi connectivity index (χ0v) is 14.0. The maximum atomic E-state index is 11.7. The molecule has 0 saturated carbocycles. The van der Waals surface area contributed by atoms with Crippen LogP contribution in [0.3, 0.4) is 0 Å². The van der Waals surface area contributed by atoms with Gasteiger partial charge in [0.1, 0.15) is 0 Å². The topological polar surface area (TPSA) is 56.6 Å². The molecule has 1 aromatic carbocycles. The van der Waals surface area contributed by atoms with Gasteiger partial charge >= 0.3 is 5.97 Å². The summed E-state index contributed by atoms with van der Waals surface area (Å²) in [6.45, 7) is 5.27. The minimum absolute atomic E-state index is 0.344. The van der Waals surface area contributed by atoms with Gasteiger partial charge in [-0.05, 0) is 28.1 Å². The summed E-state index contributed by atoms with van der Waals surface area (Å²) in [7, 11) is 1.38. The first-order valence-corrected chi connectivity index (χ1v) is 8.02. The fourth-order valence-electron chi connectivity index (χ4n) is 2.65. The Morgan fingerprint density at radius 1 is 1.36 bits per heavy atom. The number of esters is 1. The average molecular weight is 368 g/mol. The Balaban J connectivity index is 1.80. The molecule has 1 aliphatic heterocycles. The predicted molar refractivity (Wildman–Crippen MR) is 86.0 cm³/mol. The summed E-state index contributed by atoms with van der Waals surface area (Å²) in [5.41, 5.74) is 1.52. The number of morpholine rings is 1. The molecule has 0 N–H and O–H groups in total. The summed E-state index contributed by atoms with van der Waals surface area (Å²) in [6.07, 6.45) is 1.78. The van der Waals surface area contributed by atoms with E-state index in [9.17, 15) is 4.79 Å². The van der Waals surface area contributed by atoms with Gasteiger partial charge in [-0.2, -0.15) is 5.10 Å². The van der Waals surface area contributed by atoms with Crippen molar-refractivity contribution < 1.29 is 14.3 Å². The zero-order valence-electron chi connectivity index (χ0n) is 12.4. The van der Waals surface area contributed by atoms with Gasteiger partial charge in [0.2, 0.25) is 0 Å². The van der Waals surface area contributed by atoms with Crippen LogP contribution in [0.4, 0.5) is 0 Å². The van der Waals surface area contributed by atoms with Gasteiger partial charge in [0.25, 0.3) is 0 Å². The molecule has 0 aliphatic carbocycles. The maximum Gasteiger partial charge on any atom is 0.337 e. The first-order chi connectivity index (χ1) is 10.7. The van der Waals surface area contributed by atoms with Crippen molar-refractivity contribution in [3.8, 4) is 0 Å². The standard InChI is InChI=1S/C15H18BrN3O3/c1-21-15(20)11-8-12-10-17-19(14(12)13(16)9-11)3-2-18-4-6-22-7-5-18/h8-10H,2-7H2,1H3. The predicted octanol–water partition coefficient (Wildman–Crippen LogP) is 1.92. The monoisotopic (exact) mass is 367 g/mol. The highest BCUT2D eigenvalue weighted by molar-refractivity contribution is 9.10. The Hall–Kier alpha value is -1.44. The van der Waals surface area contributed by atoms with Gasteiger partial charge in [0, 0.05) is 29.5 Å². The molecule has 2 heterocycles. The molecule has 0 spiro atoms. The highest BCUT2D eigenvalue weighted by atomic mass is 79.9. The first kappa shape index (κ1) is 15.5. The Kier molecular flexibility index (Phi) is 4.75. The van der Waals surface area contributed by atoms with E-state index in [2.05, 4.69) is 25.9 Å². The molecular formula is C15H18BrN3O3. The van der Waals surface area contributed by atoms with Gasteiger partial charge in [-0.1, -0.05) is 0 Å². The maximum absolute atomic E-state index is 11.7. The number of fused-ring (bicyclic) bond motifs is 1. The number of methoxy groups -OCH3 is 1. The smallest absolute Gasteiger partial charge is 0.337 e. The molecule has 1 saturated heterocycles. The molecule has 0 unspecified atom stereocenters. The molecule has 3 rings (SSSR count). The SMILES string of the molecule is COC(=O)c1cc(Br)c2c(cnn2CCN2CCOCC2)c1. The Labute approximate surface area is 137 Å². The lowest BCUT2D eigenvalue weighted by Crippen LogP contribution is -2.38. The molecule has 0 atom stereocenters. The summed E-state index contributed by atoms with van der Waals surface area (Å²) in [5, 5.41) is 5.37. The van der Waals surface area contributed by atoms with Crippen molar-refractivity contribution in [2.24, 2.45) is 0 Å². The first-order valence-electron chi connectivity index (χ1n) is 7.22. The second-order valence-electron chi connectivity index (χ2n) is 5.21. The van der Waals surface area contributed by atoms with Gasteiger partial charge in [-0.15, -0.1) is 0 Å². The van der Waals surface area contributed by atoms with E-state index in [1.807, 2.05) is 10.7 Å². The molecule has 1 aliphatic rings. The number of benzene rings is 1.